The van der Waals surface area contributed by atoms with E-state index in [1.165, 1.54) is 0 Å². The fraction of sp³-hybridized carbons (Fsp3) is 0.316. The molecule has 0 saturated carbocycles. The van der Waals surface area contributed by atoms with Gasteiger partial charge in [-0.2, -0.15) is 0 Å². The fourth-order valence-electron chi connectivity index (χ4n) is 2.80. The average Bonchev–Trinajstić information content (AvgIpc) is 2.86. The molecular weight excluding hydrogens is 274 g/mol. The number of rotatable bonds is 6. The molecule has 0 fully saturated rings. The van der Waals surface area contributed by atoms with Crippen LogP contribution in [0.15, 0.2) is 48.5 Å². The summed E-state index contributed by atoms with van der Waals surface area (Å²) in [4.78, 5) is 14.2. The molecule has 0 spiro atoms. The van der Waals surface area contributed by atoms with Crippen molar-refractivity contribution < 1.29 is 9.53 Å². The second-order valence-corrected chi connectivity index (χ2v) is 5.70. The smallest absolute Gasteiger partial charge is 0.254 e. The van der Waals surface area contributed by atoms with Gasteiger partial charge in [0, 0.05) is 18.7 Å². The van der Waals surface area contributed by atoms with Gasteiger partial charge in [-0.1, -0.05) is 36.4 Å². The molecule has 1 aliphatic heterocycles. The van der Waals surface area contributed by atoms with Crippen LogP contribution in [0.5, 0.6) is 5.75 Å². The minimum absolute atomic E-state index is 0.162. The number of benzene rings is 2. The van der Waals surface area contributed by atoms with E-state index < -0.39 is 0 Å². The van der Waals surface area contributed by atoms with Crippen molar-refractivity contribution in [2.75, 3.05) is 13.2 Å². The largest absolute Gasteiger partial charge is 0.493 e. The maximum atomic E-state index is 12.2. The molecule has 0 aliphatic carbocycles. The molecule has 2 aromatic rings. The Morgan fingerprint density at radius 1 is 1.05 bits per heavy atom. The van der Waals surface area contributed by atoms with Crippen LogP contribution in [0, 0.1) is 6.92 Å². The number of unbranched alkanes of at least 4 members (excludes halogenated alkanes) is 1. The Labute approximate surface area is 131 Å². The molecule has 3 heteroatoms. The molecule has 0 N–H and O–H groups in total. The van der Waals surface area contributed by atoms with Crippen molar-refractivity contribution >= 4 is 5.91 Å². The minimum Gasteiger partial charge on any atom is -0.493 e. The number of fused-ring (bicyclic) bond motifs is 1. The Hall–Kier alpha value is -2.29. The van der Waals surface area contributed by atoms with Crippen LogP contribution in [0.3, 0.4) is 0 Å². The average molecular weight is 295 g/mol. The van der Waals surface area contributed by atoms with Gasteiger partial charge >= 0.3 is 0 Å². The second-order valence-electron chi connectivity index (χ2n) is 5.70. The normalized spacial score (nSPS) is 13.3. The molecule has 0 aromatic heterocycles. The van der Waals surface area contributed by atoms with E-state index in [1.54, 1.807) is 0 Å². The van der Waals surface area contributed by atoms with Crippen LogP contribution >= 0.6 is 0 Å². The lowest BCUT2D eigenvalue weighted by Crippen LogP contribution is -2.25. The van der Waals surface area contributed by atoms with Gasteiger partial charge in [0.05, 0.1) is 6.61 Å². The van der Waals surface area contributed by atoms with E-state index in [0.717, 1.165) is 48.4 Å². The summed E-state index contributed by atoms with van der Waals surface area (Å²) in [6, 6.07) is 15.9. The Balaban J connectivity index is 1.42. The minimum atomic E-state index is 0.162. The highest BCUT2D eigenvalue weighted by atomic mass is 16.5. The number of carbonyl (C=O) groups is 1. The third-order valence-electron chi connectivity index (χ3n) is 4.07. The summed E-state index contributed by atoms with van der Waals surface area (Å²) in [7, 11) is 0. The van der Waals surface area contributed by atoms with Gasteiger partial charge in [0.1, 0.15) is 5.75 Å². The van der Waals surface area contributed by atoms with Gasteiger partial charge in [0.25, 0.3) is 5.91 Å². The molecule has 3 rings (SSSR count). The van der Waals surface area contributed by atoms with Gasteiger partial charge in [-0.05, 0) is 43.0 Å². The lowest BCUT2D eigenvalue weighted by Gasteiger charge is -2.15. The molecule has 22 heavy (non-hydrogen) atoms. The molecular formula is C19H21NO2. The first kappa shape index (κ1) is 14.6. The quantitative estimate of drug-likeness (QED) is 0.758. The summed E-state index contributed by atoms with van der Waals surface area (Å²) in [5.41, 5.74) is 3.16. The standard InChI is InChI=1S/C19H21NO2/c1-15-8-2-5-11-18(15)22-13-7-6-12-20-14-16-9-3-4-10-17(16)19(20)21/h2-5,8-11H,6-7,12-14H2,1H3. The van der Waals surface area contributed by atoms with Gasteiger partial charge in [0.15, 0.2) is 0 Å². The van der Waals surface area contributed by atoms with Crippen molar-refractivity contribution in [1.29, 1.82) is 0 Å². The summed E-state index contributed by atoms with van der Waals surface area (Å²) in [6.45, 7) is 4.29. The Kier molecular flexibility index (Phi) is 4.42. The first-order valence-corrected chi connectivity index (χ1v) is 7.81. The zero-order valence-corrected chi connectivity index (χ0v) is 12.9. The van der Waals surface area contributed by atoms with Crippen LogP contribution in [-0.2, 0) is 6.54 Å². The zero-order valence-electron chi connectivity index (χ0n) is 12.9. The van der Waals surface area contributed by atoms with Crippen molar-refractivity contribution in [2.45, 2.75) is 26.3 Å². The van der Waals surface area contributed by atoms with Crippen molar-refractivity contribution in [2.24, 2.45) is 0 Å². The molecule has 0 atom stereocenters. The van der Waals surface area contributed by atoms with Gasteiger partial charge < -0.3 is 9.64 Å². The molecule has 1 amide bonds. The van der Waals surface area contributed by atoms with E-state index in [9.17, 15) is 4.79 Å². The van der Waals surface area contributed by atoms with Gasteiger partial charge in [-0.3, -0.25) is 4.79 Å². The molecule has 0 radical (unpaired) electrons. The molecule has 1 heterocycles. The predicted octanol–water partition coefficient (Wildman–Crippen LogP) is 3.81. The lowest BCUT2D eigenvalue weighted by atomic mass is 10.1. The van der Waals surface area contributed by atoms with Crippen LogP contribution < -0.4 is 4.74 Å². The monoisotopic (exact) mass is 295 g/mol. The molecule has 0 unspecified atom stereocenters. The predicted molar refractivity (Wildman–Crippen MR) is 87.1 cm³/mol. The van der Waals surface area contributed by atoms with Crippen LogP contribution in [-0.4, -0.2) is 24.0 Å². The summed E-state index contributed by atoms with van der Waals surface area (Å²) in [6.07, 6.45) is 1.92. The third kappa shape index (κ3) is 3.14. The number of hydrogen-bond acceptors (Lipinski definition) is 2. The maximum Gasteiger partial charge on any atom is 0.254 e. The number of hydrogen-bond donors (Lipinski definition) is 0. The van der Waals surface area contributed by atoms with E-state index in [1.807, 2.05) is 47.4 Å². The summed E-state index contributed by atoms with van der Waals surface area (Å²) in [5, 5.41) is 0. The maximum absolute atomic E-state index is 12.2. The fourth-order valence-corrected chi connectivity index (χ4v) is 2.80. The topological polar surface area (TPSA) is 29.5 Å². The summed E-state index contributed by atoms with van der Waals surface area (Å²) >= 11 is 0. The number of carbonyl (C=O) groups excluding carboxylic acids is 1. The van der Waals surface area contributed by atoms with Crippen molar-refractivity contribution in [3.8, 4) is 5.75 Å². The lowest BCUT2D eigenvalue weighted by molar-refractivity contribution is 0.0773. The van der Waals surface area contributed by atoms with Crippen molar-refractivity contribution in [3.63, 3.8) is 0 Å². The van der Waals surface area contributed by atoms with E-state index in [2.05, 4.69) is 13.0 Å². The SMILES string of the molecule is Cc1ccccc1OCCCCN1Cc2ccccc2C1=O. The van der Waals surface area contributed by atoms with Crippen LogP contribution in [0.2, 0.25) is 0 Å². The number of para-hydroxylation sites is 1. The van der Waals surface area contributed by atoms with Gasteiger partial charge in [-0.15, -0.1) is 0 Å². The molecule has 1 aliphatic rings. The van der Waals surface area contributed by atoms with Crippen molar-refractivity contribution in [3.05, 3.63) is 65.2 Å². The Morgan fingerprint density at radius 3 is 2.64 bits per heavy atom. The summed E-state index contributed by atoms with van der Waals surface area (Å²) in [5.74, 6) is 1.11. The van der Waals surface area contributed by atoms with Gasteiger partial charge in [-0.25, -0.2) is 0 Å². The molecule has 0 saturated heterocycles. The molecule has 114 valence electrons. The summed E-state index contributed by atoms with van der Waals surface area (Å²) < 4.78 is 5.79. The van der Waals surface area contributed by atoms with Gasteiger partial charge in [0.2, 0.25) is 0 Å². The van der Waals surface area contributed by atoms with E-state index >= 15 is 0 Å². The highest BCUT2D eigenvalue weighted by Gasteiger charge is 2.25. The third-order valence-corrected chi connectivity index (χ3v) is 4.07. The number of nitrogens with zero attached hydrogens (tertiary/aromatic N) is 1. The Bertz CT molecular complexity index is 666. The number of aryl methyl sites for hydroxylation is 1. The first-order chi connectivity index (χ1) is 10.8. The highest BCUT2D eigenvalue weighted by molar-refractivity contribution is 5.98. The van der Waals surface area contributed by atoms with E-state index in [4.69, 9.17) is 4.74 Å². The molecule has 3 nitrogen and oxygen atoms in total. The van der Waals surface area contributed by atoms with Crippen LogP contribution in [0.25, 0.3) is 0 Å². The van der Waals surface area contributed by atoms with Crippen LogP contribution in [0.1, 0.15) is 34.3 Å². The first-order valence-electron chi connectivity index (χ1n) is 7.81. The Morgan fingerprint density at radius 2 is 1.82 bits per heavy atom. The zero-order chi connectivity index (χ0) is 15.4. The highest BCUT2D eigenvalue weighted by Crippen LogP contribution is 2.22. The number of ether oxygens (including phenoxy) is 1. The van der Waals surface area contributed by atoms with E-state index in [0.29, 0.717) is 6.61 Å². The number of amides is 1. The van der Waals surface area contributed by atoms with E-state index in [-0.39, 0.29) is 5.91 Å². The van der Waals surface area contributed by atoms with Crippen LogP contribution in [0.4, 0.5) is 0 Å². The molecule has 0 bridgehead atoms. The molecule has 2 aromatic carbocycles. The van der Waals surface area contributed by atoms with Crippen molar-refractivity contribution in [1.82, 2.24) is 4.90 Å². The second kappa shape index (κ2) is 6.65.